The van der Waals surface area contributed by atoms with E-state index in [1.165, 1.54) is 4.90 Å². The van der Waals surface area contributed by atoms with E-state index in [0.29, 0.717) is 28.3 Å². The third-order valence-electron chi connectivity index (χ3n) is 8.39. The molecule has 0 saturated carbocycles. The van der Waals surface area contributed by atoms with E-state index >= 15 is 0 Å². The second-order valence-corrected chi connectivity index (χ2v) is 12.3. The highest BCUT2D eigenvalue weighted by atomic mass is 16.7. The number of imide groups is 2. The minimum Gasteiger partial charge on any atom is -0.330 e. The summed E-state index contributed by atoms with van der Waals surface area (Å²) >= 11 is 0. The standard InChI is InChI=1S/C33H35N4O6/c1-34-20-37(2,3)19-22-18-26-30-24(31(22)34)9-7-10-25(30)32(41)35(33(26)42)23-14-12-21(13-15-23)8-5-4-6-11-29(40)43-36-27(38)16-17-28(36)39/h7,9-10,12-15,18H,4-6,8,11,16-17,19-20H2,1-3H3/q+1. The van der Waals surface area contributed by atoms with Crippen molar-refractivity contribution in [2.75, 3.05) is 37.6 Å². The van der Waals surface area contributed by atoms with Gasteiger partial charge < -0.3 is 14.2 Å². The molecule has 10 heteroatoms. The Bertz CT molecular complexity index is 1660. The van der Waals surface area contributed by atoms with Crippen LogP contribution in [-0.2, 0) is 32.2 Å². The van der Waals surface area contributed by atoms with Crippen molar-refractivity contribution >= 4 is 51.7 Å². The molecule has 0 atom stereocenters. The molecule has 0 bridgehead atoms. The first-order valence-corrected chi connectivity index (χ1v) is 14.7. The molecule has 6 rings (SSSR count). The van der Waals surface area contributed by atoms with E-state index in [2.05, 4.69) is 26.0 Å². The van der Waals surface area contributed by atoms with Gasteiger partial charge in [0.15, 0.2) is 6.67 Å². The quantitative estimate of drug-likeness (QED) is 0.221. The fraction of sp³-hybridized carbons (Fsp3) is 0.364. The Balaban J connectivity index is 1.12. The number of hydrogen-bond donors (Lipinski definition) is 0. The van der Waals surface area contributed by atoms with Crippen LogP contribution >= 0.6 is 0 Å². The van der Waals surface area contributed by atoms with Gasteiger partial charge in [0, 0.05) is 53.8 Å². The van der Waals surface area contributed by atoms with E-state index < -0.39 is 17.8 Å². The number of rotatable bonds is 8. The fourth-order valence-electron chi connectivity index (χ4n) is 6.56. The van der Waals surface area contributed by atoms with Gasteiger partial charge in [0.2, 0.25) is 0 Å². The lowest BCUT2D eigenvalue weighted by atomic mass is 9.89. The fourth-order valence-corrected chi connectivity index (χ4v) is 6.56. The van der Waals surface area contributed by atoms with Crippen molar-refractivity contribution in [3.63, 3.8) is 0 Å². The maximum atomic E-state index is 13.9. The number of amides is 4. The molecular weight excluding hydrogens is 548 g/mol. The van der Waals surface area contributed by atoms with Crippen molar-refractivity contribution in [1.29, 1.82) is 0 Å². The second-order valence-electron chi connectivity index (χ2n) is 12.3. The zero-order valence-electron chi connectivity index (χ0n) is 24.7. The van der Waals surface area contributed by atoms with Crippen LogP contribution in [0.1, 0.15) is 70.4 Å². The summed E-state index contributed by atoms with van der Waals surface area (Å²) in [6.07, 6.45) is 3.19. The van der Waals surface area contributed by atoms with Crippen LogP contribution in [0.4, 0.5) is 11.4 Å². The summed E-state index contributed by atoms with van der Waals surface area (Å²) in [5, 5.41) is 2.24. The number of carbonyl (C=O) groups is 5. The Labute approximate surface area is 249 Å². The zero-order valence-corrected chi connectivity index (χ0v) is 24.7. The largest absolute Gasteiger partial charge is 0.333 e. The van der Waals surface area contributed by atoms with Crippen molar-refractivity contribution in [2.24, 2.45) is 0 Å². The summed E-state index contributed by atoms with van der Waals surface area (Å²) in [5.74, 6) is -2.18. The van der Waals surface area contributed by atoms with E-state index in [1.807, 2.05) is 42.5 Å². The van der Waals surface area contributed by atoms with Gasteiger partial charge in [0.05, 0.1) is 25.5 Å². The van der Waals surface area contributed by atoms with Gasteiger partial charge in [-0.2, -0.15) is 0 Å². The van der Waals surface area contributed by atoms with Gasteiger partial charge in [-0.3, -0.25) is 19.2 Å². The molecule has 0 unspecified atom stereocenters. The van der Waals surface area contributed by atoms with Crippen LogP contribution in [0.15, 0.2) is 48.5 Å². The number of quaternary nitrogens is 1. The minimum absolute atomic E-state index is 0.0753. The average Bonchev–Trinajstić information content (AvgIpc) is 3.27. The number of hydroxylamine groups is 2. The van der Waals surface area contributed by atoms with Crippen molar-refractivity contribution in [2.45, 2.75) is 51.5 Å². The number of nitrogens with zero attached hydrogens (tertiary/aromatic N) is 4. The number of benzene rings is 3. The summed E-state index contributed by atoms with van der Waals surface area (Å²) in [5.41, 5.74) is 4.86. The molecule has 1 fully saturated rings. The molecule has 1 saturated heterocycles. The number of fused-ring (bicyclic) bond motifs is 2. The average molecular weight is 584 g/mol. The molecule has 222 valence electrons. The van der Waals surface area contributed by atoms with Crippen LogP contribution < -0.4 is 9.80 Å². The lowest BCUT2D eigenvalue weighted by molar-refractivity contribution is -0.904. The van der Waals surface area contributed by atoms with Crippen LogP contribution in [0.2, 0.25) is 0 Å². The summed E-state index contributed by atoms with van der Waals surface area (Å²) in [4.78, 5) is 71.1. The molecule has 0 aliphatic carbocycles. The Kier molecular flexibility index (Phi) is 7.25. The molecule has 3 aliphatic heterocycles. The third kappa shape index (κ3) is 5.27. The lowest BCUT2D eigenvalue weighted by Gasteiger charge is -2.41. The SMILES string of the molecule is CN1C[N+](C)(C)Cc2cc3c4c(cccc4c21)C(=O)N(c1ccc(CCCCCC(=O)ON2C(=O)CCC2=O)cc1)C3=O. The van der Waals surface area contributed by atoms with E-state index in [1.54, 1.807) is 6.07 Å². The summed E-state index contributed by atoms with van der Waals surface area (Å²) in [6.45, 7) is 1.63. The van der Waals surface area contributed by atoms with Crippen molar-refractivity contribution in [3.05, 3.63) is 70.8 Å². The number of anilines is 2. The zero-order chi connectivity index (χ0) is 30.5. The Morgan fingerprint density at radius 3 is 2.30 bits per heavy atom. The lowest BCUT2D eigenvalue weighted by Crippen LogP contribution is -2.50. The molecule has 0 spiro atoms. The first kappa shape index (κ1) is 28.5. The Morgan fingerprint density at radius 2 is 1.58 bits per heavy atom. The maximum Gasteiger partial charge on any atom is 0.333 e. The van der Waals surface area contributed by atoms with Crippen LogP contribution in [0, 0.1) is 0 Å². The number of hydrogen-bond acceptors (Lipinski definition) is 7. The highest BCUT2D eigenvalue weighted by Gasteiger charge is 2.38. The molecule has 0 aromatic heterocycles. The second kappa shape index (κ2) is 10.9. The molecule has 3 aliphatic rings. The smallest absolute Gasteiger partial charge is 0.330 e. The van der Waals surface area contributed by atoms with Crippen molar-refractivity contribution in [3.8, 4) is 0 Å². The summed E-state index contributed by atoms with van der Waals surface area (Å²) < 4.78 is 0.775. The molecule has 3 heterocycles. The molecule has 3 aromatic carbocycles. The molecule has 3 aromatic rings. The van der Waals surface area contributed by atoms with Gasteiger partial charge in [0.1, 0.15) is 6.54 Å². The third-order valence-corrected chi connectivity index (χ3v) is 8.39. The van der Waals surface area contributed by atoms with E-state index in [0.717, 1.165) is 64.5 Å². The topological polar surface area (TPSA) is 104 Å². The number of unbranched alkanes of at least 4 members (excludes halogenated alkanes) is 2. The molecule has 4 amide bonds. The maximum absolute atomic E-state index is 13.9. The Morgan fingerprint density at radius 1 is 0.884 bits per heavy atom. The summed E-state index contributed by atoms with van der Waals surface area (Å²) in [6, 6.07) is 15.1. The van der Waals surface area contributed by atoms with Gasteiger partial charge in [-0.1, -0.05) is 30.7 Å². The van der Waals surface area contributed by atoms with Crippen molar-refractivity contribution < 1.29 is 33.3 Å². The van der Waals surface area contributed by atoms with Crippen LogP contribution in [0.3, 0.4) is 0 Å². The van der Waals surface area contributed by atoms with E-state index in [4.69, 9.17) is 4.84 Å². The van der Waals surface area contributed by atoms with Gasteiger partial charge in [0.25, 0.3) is 23.6 Å². The minimum atomic E-state index is -0.587. The molecule has 10 nitrogen and oxygen atoms in total. The Hall–Kier alpha value is -4.57. The normalized spacial score (nSPS) is 17.6. The van der Waals surface area contributed by atoms with Crippen molar-refractivity contribution in [1.82, 2.24) is 5.06 Å². The molecular formula is C33H35N4O6+. The number of carbonyl (C=O) groups excluding carboxylic acids is 5. The van der Waals surface area contributed by atoms with Gasteiger partial charge in [-0.15, -0.1) is 5.06 Å². The highest BCUT2D eigenvalue weighted by Crippen LogP contribution is 2.42. The predicted molar refractivity (Wildman–Crippen MR) is 160 cm³/mol. The van der Waals surface area contributed by atoms with Gasteiger partial charge >= 0.3 is 5.97 Å². The first-order chi connectivity index (χ1) is 20.5. The first-order valence-electron chi connectivity index (χ1n) is 14.7. The van der Waals surface area contributed by atoms with Crippen LogP contribution in [0.25, 0.3) is 10.8 Å². The number of aryl methyl sites for hydroxylation is 1. The van der Waals surface area contributed by atoms with Gasteiger partial charge in [-0.05, 0) is 49.1 Å². The predicted octanol–water partition coefficient (Wildman–Crippen LogP) is 4.33. The molecule has 43 heavy (non-hydrogen) atoms. The van der Waals surface area contributed by atoms with Gasteiger partial charge in [-0.25, -0.2) is 9.69 Å². The van der Waals surface area contributed by atoms with E-state index in [9.17, 15) is 24.0 Å². The molecule has 0 radical (unpaired) electrons. The van der Waals surface area contributed by atoms with Crippen LogP contribution in [0.5, 0.6) is 0 Å². The highest BCUT2D eigenvalue weighted by molar-refractivity contribution is 6.36. The summed E-state index contributed by atoms with van der Waals surface area (Å²) in [7, 11) is 6.39. The van der Waals surface area contributed by atoms with Crippen LogP contribution in [-0.4, -0.2) is 67.0 Å². The molecule has 0 N–H and O–H groups in total. The monoisotopic (exact) mass is 583 g/mol. The van der Waals surface area contributed by atoms with E-state index in [-0.39, 0.29) is 31.1 Å².